The van der Waals surface area contributed by atoms with E-state index >= 15 is 0 Å². The van der Waals surface area contributed by atoms with Gasteiger partial charge in [-0.2, -0.15) is 4.39 Å². The van der Waals surface area contributed by atoms with Crippen molar-refractivity contribution in [1.29, 1.82) is 0 Å². The minimum Gasteiger partial charge on any atom is -0.367 e. The smallest absolute Gasteiger partial charge is 0.248 e. The van der Waals surface area contributed by atoms with Crippen LogP contribution in [0.4, 0.5) is 19.0 Å². The summed E-state index contributed by atoms with van der Waals surface area (Å²) in [4.78, 5) is 28.4. The molecule has 5 rings (SSSR count). The van der Waals surface area contributed by atoms with Crippen LogP contribution in [0, 0.1) is 17.8 Å². The fraction of sp³-hybridized carbons (Fsp3) is 0.455. The van der Waals surface area contributed by atoms with Crippen molar-refractivity contribution in [2.45, 2.75) is 51.0 Å². The van der Waals surface area contributed by atoms with Crippen LogP contribution in [0.15, 0.2) is 24.7 Å². The van der Waals surface area contributed by atoms with Crippen LogP contribution in [-0.4, -0.2) is 37.7 Å². The van der Waals surface area contributed by atoms with Crippen molar-refractivity contribution < 1.29 is 18.0 Å². The highest BCUT2D eigenvalue weighted by Crippen LogP contribution is 2.43. The maximum Gasteiger partial charge on any atom is 0.248 e. The maximum absolute atomic E-state index is 14.7. The number of pyridine rings is 1. The first-order chi connectivity index (χ1) is 14.8. The third-order valence-corrected chi connectivity index (χ3v) is 6.23. The van der Waals surface area contributed by atoms with Gasteiger partial charge in [0.1, 0.15) is 17.8 Å². The lowest BCUT2D eigenvalue weighted by Gasteiger charge is -2.34. The summed E-state index contributed by atoms with van der Waals surface area (Å²) >= 11 is 0. The number of aromatic nitrogens is 4. The number of aromatic amines is 1. The SMILES string of the molecule is C[C@@H](Nc1ncnc2[nH]cc(C(=O)c3ccc(CC4CC(F)(F)C4)nc3F)c12)C1CC1. The molecule has 162 valence electrons. The second kappa shape index (κ2) is 7.32. The van der Waals surface area contributed by atoms with E-state index in [1.165, 1.54) is 24.7 Å². The molecule has 2 saturated carbocycles. The van der Waals surface area contributed by atoms with Gasteiger partial charge in [0.2, 0.25) is 11.9 Å². The molecule has 6 nitrogen and oxygen atoms in total. The number of nitrogens with one attached hydrogen (secondary N) is 2. The Bertz CT molecular complexity index is 1150. The predicted octanol–water partition coefficient (Wildman–Crippen LogP) is 4.52. The number of fused-ring (bicyclic) bond motifs is 1. The zero-order chi connectivity index (χ0) is 21.8. The summed E-state index contributed by atoms with van der Waals surface area (Å²) < 4.78 is 40.8. The zero-order valence-electron chi connectivity index (χ0n) is 17.0. The van der Waals surface area contributed by atoms with E-state index in [-0.39, 0.29) is 42.3 Å². The lowest BCUT2D eigenvalue weighted by molar-refractivity contribution is -0.109. The number of ketones is 1. The van der Waals surface area contributed by atoms with Crippen molar-refractivity contribution in [3.05, 3.63) is 47.4 Å². The van der Waals surface area contributed by atoms with Gasteiger partial charge in [0.25, 0.3) is 0 Å². The van der Waals surface area contributed by atoms with E-state index in [2.05, 4.69) is 32.2 Å². The van der Waals surface area contributed by atoms with Gasteiger partial charge in [-0.1, -0.05) is 0 Å². The molecule has 0 unspecified atom stereocenters. The molecule has 2 N–H and O–H groups in total. The molecular weight excluding hydrogens is 407 g/mol. The molecule has 3 heterocycles. The number of halogens is 3. The summed E-state index contributed by atoms with van der Waals surface area (Å²) in [5.41, 5.74) is 0.944. The quantitative estimate of drug-likeness (QED) is 0.426. The third kappa shape index (κ3) is 3.88. The predicted molar refractivity (Wildman–Crippen MR) is 109 cm³/mol. The van der Waals surface area contributed by atoms with E-state index in [0.717, 1.165) is 12.8 Å². The highest BCUT2D eigenvalue weighted by molar-refractivity contribution is 6.18. The van der Waals surface area contributed by atoms with Gasteiger partial charge < -0.3 is 10.3 Å². The Kier molecular flexibility index (Phi) is 4.71. The van der Waals surface area contributed by atoms with E-state index in [0.29, 0.717) is 28.5 Å². The number of carbonyl (C=O) groups is 1. The number of hydrogen-bond acceptors (Lipinski definition) is 5. The molecule has 3 aromatic rings. The number of carbonyl (C=O) groups excluding carboxylic acids is 1. The van der Waals surface area contributed by atoms with E-state index < -0.39 is 17.7 Å². The molecule has 2 fully saturated rings. The molecule has 0 bridgehead atoms. The molecule has 0 radical (unpaired) electrons. The Morgan fingerprint density at radius 1 is 1.26 bits per heavy atom. The molecule has 0 aliphatic heterocycles. The van der Waals surface area contributed by atoms with E-state index in [1.807, 2.05) is 0 Å². The number of alkyl halides is 2. The number of anilines is 1. The van der Waals surface area contributed by atoms with Crippen LogP contribution in [0.3, 0.4) is 0 Å². The van der Waals surface area contributed by atoms with Crippen molar-refractivity contribution in [2.24, 2.45) is 11.8 Å². The summed E-state index contributed by atoms with van der Waals surface area (Å²) in [6.07, 6.45) is 5.08. The molecule has 1 atom stereocenters. The van der Waals surface area contributed by atoms with Crippen LogP contribution < -0.4 is 5.32 Å². The lowest BCUT2D eigenvalue weighted by Crippen LogP contribution is -2.36. The molecule has 0 amide bonds. The van der Waals surface area contributed by atoms with Gasteiger partial charge in [-0.3, -0.25) is 4.79 Å². The number of hydrogen-bond donors (Lipinski definition) is 2. The highest BCUT2D eigenvalue weighted by Gasteiger charge is 2.45. The molecule has 31 heavy (non-hydrogen) atoms. The molecule has 3 aromatic heterocycles. The molecule has 0 saturated heterocycles. The maximum atomic E-state index is 14.7. The molecule has 2 aliphatic rings. The van der Waals surface area contributed by atoms with Gasteiger partial charge in [0, 0.05) is 30.8 Å². The van der Waals surface area contributed by atoms with Gasteiger partial charge in [0.05, 0.1) is 16.5 Å². The number of rotatable bonds is 7. The Balaban J connectivity index is 1.41. The van der Waals surface area contributed by atoms with Crippen LogP contribution in [-0.2, 0) is 6.42 Å². The summed E-state index contributed by atoms with van der Waals surface area (Å²) in [5.74, 6) is -3.16. The first-order valence-corrected chi connectivity index (χ1v) is 10.5. The second-order valence-electron chi connectivity index (χ2n) is 8.72. The normalized spacial score (nSPS) is 19.2. The van der Waals surface area contributed by atoms with Crippen molar-refractivity contribution in [3.63, 3.8) is 0 Å². The van der Waals surface area contributed by atoms with E-state index in [1.54, 1.807) is 0 Å². The van der Waals surface area contributed by atoms with Crippen LogP contribution in [0.2, 0.25) is 0 Å². The third-order valence-electron chi connectivity index (χ3n) is 6.23. The largest absolute Gasteiger partial charge is 0.367 e. The molecule has 9 heteroatoms. The van der Waals surface area contributed by atoms with Gasteiger partial charge in [-0.25, -0.2) is 23.7 Å². The van der Waals surface area contributed by atoms with Crippen molar-refractivity contribution in [1.82, 2.24) is 19.9 Å². The standard InChI is InChI=1S/C22H22F3N5O/c1-11(13-2-3-13)29-21-17-16(9-26-20(17)27-10-28-21)18(31)15-5-4-14(30-19(15)23)6-12-7-22(24,25)8-12/h4-5,9-13H,2-3,6-8H2,1H3,(H2,26,27,28,29)/t11-/m1/s1. The monoisotopic (exact) mass is 429 g/mol. The Labute approximate surface area is 176 Å². The molecule has 0 aromatic carbocycles. The van der Waals surface area contributed by atoms with Gasteiger partial charge in [0.15, 0.2) is 5.78 Å². The lowest BCUT2D eigenvalue weighted by atomic mass is 9.78. The summed E-state index contributed by atoms with van der Waals surface area (Å²) in [5, 5.41) is 3.86. The first kappa shape index (κ1) is 20.0. The fourth-order valence-electron chi connectivity index (χ4n) is 4.31. The highest BCUT2D eigenvalue weighted by atomic mass is 19.3. The van der Waals surface area contributed by atoms with Crippen molar-refractivity contribution in [2.75, 3.05) is 5.32 Å². The topological polar surface area (TPSA) is 83.6 Å². The fourth-order valence-corrected chi connectivity index (χ4v) is 4.31. The zero-order valence-corrected chi connectivity index (χ0v) is 17.0. The van der Waals surface area contributed by atoms with E-state index in [9.17, 15) is 18.0 Å². The average molecular weight is 429 g/mol. The van der Waals surface area contributed by atoms with Crippen LogP contribution in [0.1, 0.15) is 54.2 Å². The Morgan fingerprint density at radius 3 is 2.71 bits per heavy atom. The second-order valence-corrected chi connectivity index (χ2v) is 8.72. The first-order valence-electron chi connectivity index (χ1n) is 10.5. The van der Waals surface area contributed by atoms with E-state index in [4.69, 9.17) is 0 Å². The summed E-state index contributed by atoms with van der Waals surface area (Å²) in [6.45, 7) is 2.07. The average Bonchev–Trinajstić information content (AvgIpc) is 3.46. The Hall–Kier alpha value is -2.97. The number of nitrogens with zero attached hydrogens (tertiary/aromatic N) is 3. The van der Waals surface area contributed by atoms with Crippen molar-refractivity contribution in [3.8, 4) is 0 Å². The summed E-state index contributed by atoms with van der Waals surface area (Å²) in [7, 11) is 0. The van der Waals surface area contributed by atoms with Gasteiger partial charge in [-0.05, 0) is 50.2 Å². The van der Waals surface area contributed by atoms with Crippen LogP contribution in [0.5, 0.6) is 0 Å². The molecule has 0 spiro atoms. The van der Waals surface area contributed by atoms with Crippen LogP contribution in [0.25, 0.3) is 11.0 Å². The minimum absolute atomic E-state index is 0.173. The summed E-state index contributed by atoms with van der Waals surface area (Å²) in [6, 6.07) is 3.11. The molecule has 2 aliphatic carbocycles. The minimum atomic E-state index is -2.63. The van der Waals surface area contributed by atoms with Gasteiger partial charge >= 0.3 is 0 Å². The van der Waals surface area contributed by atoms with Crippen molar-refractivity contribution >= 4 is 22.6 Å². The molecular formula is C22H22F3N5O. The number of H-pyrrole nitrogens is 1. The van der Waals surface area contributed by atoms with Crippen LogP contribution >= 0.6 is 0 Å². The van der Waals surface area contributed by atoms with Gasteiger partial charge in [-0.15, -0.1) is 0 Å². The Morgan fingerprint density at radius 2 is 2.03 bits per heavy atom.